The highest BCUT2D eigenvalue weighted by atomic mass is 16.5. The zero-order valence-electron chi connectivity index (χ0n) is 8.92. The third-order valence-electron chi connectivity index (χ3n) is 2.53. The van der Waals surface area contributed by atoms with E-state index in [4.69, 9.17) is 10.5 Å². The average Bonchev–Trinajstić information content (AvgIpc) is 2.68. The third-order valence-corrected chi connectivity index (χ3v) is 2.53. The van der Waals surface area contributed by atoms with Gasteiger partial charge in [-0.3, -0.25) is 0 Å². The van der Waals surface area contributed by atoms with Crippen molar-refractivity contribution in [1.82, 2.24) is 4.98 Å². The molecule has 0 spiro atoms. The summed E-state index contributed by atoms with van der Waals surface area (Å²) >= 11 is 0. The van der Waals surface area contributed by atoms with Gasteiger partial charge in [0.25, 0.3) is 0 Å². The molecule has 1 heterocycles. The van der Waals surface area contributed by atoms with Gasteiger partial charge in [-0.05, 0) is 18.6 Å². The van der Waals surface area contributed by atoms with Gasteiger partial charge in [0.05, 0.1) is 6.61 Å². The summed E-state index contributed by atoms with van der Waals surface area (Å²) in [5, 5.41) is 1.22. The molecule has 0 fully saturated rings. The van der Waals surface area contributed by atoms with E-state index in [1.165, 1.54) is 10.9 Å². The van der Waals surface area contributed by atoms with Gasteiger partial charge < -0.3 is 15.5 Å². The molecule has 3 N–H and O–H groups in total. The quantitative estimate of drug-likeness (QED) is 0.801. The van der Waals surface area contributed by atoms with Crippen LogP contribution in [0.2, 0.25) is 0 Å². The van der Waals surface area contributed by atoms with Crippen LogP contribution in [0.25, 0.3) is 10.9 Å². The van der Waals surface area contributed by atoms with Gasteiger partial charge in [-0.25, -0.2) is 0 Å². The zero-order valence-corrected chi connectivity index (χ0v) is 8.92. The Labute approximate surface area is 89.2 Å². The number of rotatable bonds is 4. The number of fused-ring (bicyclic) bond motifs is 1. The van der Waals surface area contributed by atoms with E-state index >= 15 is 0 Å². The number of aromatic nitrogens is 1. The largest absolute Gasteiger partial charge is 0.377 e. The van der Waals surface area contributed by atoms with Crippen molar-refractivity contribution in [2.24, 2.45) is 5.73 Å². The molecule has 2 rings (SSSR count). The molecule has 0 aliphatic carbocycles. The van der Waals surface area contributed by atoms with E-state index in [1.807, 2.05) is 13.1 Å². The van der Waals surface area contributed by atoms with Crippen molar-refractivity contribution in [2.75, 3.05) is 6.61 Å². The first-order valence-electron chi connectivity index (χ1n) is 5.22. The number of ether oxygens (including phenoxy) is 1. The Kier molecular flexibility index (Phi) is 3.04. The summed E-state index contributed by atoms with van der Waals surface area (Å²) in [7, 11) is 0. The topological polar surface area (TPSA) is 51.0 Å². The van der Waals surface area contributed by atoms with Crippen LogP contribution < -0.4 is 5.73 Å². The molecule has 0 atom stereocenters. The van der Waals surface area contributed by atoms with Crippen LogP contribution >= 0.6 is 0 Å². The second kappa shape index (κ2) is 4.47. The second-order valence-corrected chi connectivity index (χ2v) is 3.54. The third kappa shape index (κ3) is 2.03. The maximum atomic E-state index is 5.59. The minimum Gasteiger partial charge on any atom is -0.377 e. The molecule has 2 aromatic rings. The molecule has 0 aliphatic heterocycles. The molecule has 3 heteroatoms. The van der Waals surface area contributed by atoms with Gasteiger partial charge in [-0.15, -0.1) is 0 Å². The number of benzene rings is 1. The zero-order chi connectivity index (χ0) is 10.7. The summed E-state index contributed by atoms with van der Waals surface area (Å²) < 4.78 is 5.40. The fourth-order valence-electron chi connectivity index (χ4n) is 1.69. The molecule has 80 valence electrons. The first-order chi connectivity index (χ1) is 7.35. The van der Waals surface area contributed by atoms with Gasteiger partial charge in [-0.2, -0.15) is 0 Å². The number of hydrogen-bond acceptors (Lipinski definition) is 2. The Morgan fingerprint density at radius 3 is 3.00 bits per heavy atom. The van der Waals surface area contributed by atoms with Gasteiger partial charge in [0.15, 0.2) is 0 Å². The summed E-state index contributed by atoms with van der Waals surface area (Å²) in [5.41, 5.74) is 9.07. The summed E-state index contributed by atoms with van der Waals surface area (Å²) in [6.45, 7) is 3.99. The van der Waals surface area contributed by atoms with Crippen LogP contribution in [0.1, 0.15) is 18.1 Å². The van der Waals surface area contributed by atoms with E-state index in [2.05, 4.69) is 23.2 Å². The monoisotopic (exact) mass is 204 g/mol. The van der Waals surface area contributed by atoms with Crippen LogP contribution in [-0.4, -0.2) is 11.6 Å². The fraction of sp³-hybridized carbons (Fsp3) is 0.333. The molecule has 1 aromatic carbocycles. The minimum absolute atomic E-state index is 0.579. The first kappa shape index (κ1) is 10.2. The molecule has 0 amide bonds. The van der Waals surface area contributed by atoms with Gasteiger partial charge in [0, 0.05) is 35.8 Å². The molecule has 0 aliphatic rings. The highest BCUT2D eigenvalue weighted by molar-refractivity contribution is 5.83. The molecule has 1 aromatic heterocycles. The SMILES string of the molecule is CCOCc1c[nH]c2cc(CN)ccc12. The van der Waals surface area contributed by atoms with Crippen molar-refractivity contribution in [2.45, 2.75) is 20.1 Å². The first-order valence-corrected chi connectivity index (χ1v) is 5.22. The van der Waals surface area contributed by atoms with E-state index in [-0.39, 0.29) is 0 Å². The van der Waals surface area contributed by atoms with Crippen LogP contribution in [0.3, 0.4) is 0 Å². The average molecular weight is 204 g/mol. The Balaban J connectivity index is 2.34. The van der Waals surface area contributed by atoms with Crippen LogP contribution in [0.15, 0.2) is 24.4 Å². The van der Waals surface area contributed by atoms with Crippen LogP contribution in [0, 0.1) is 0 Å². The Hall–Kier alpha value is -1.32. The summed E-state index contributed by atoms with van der Waals surface area (Å²) in [6.07, 6.45) is 2.00. The molecule has 3 nitrogen and oxygen atoms in total. The van der Waals surface area contributed by atoms with Crippen molar-refractivity contribution in [3.05, 3.63) is 35.5 Å². The number of hydrogen-bond donors (Lipinski definition) is 2. The van der Waals surface area contributed by atoms with Crippen molar-refractivity contribution in [3.8, 4) is 0 Å². The lowest BCUT2D eigenvalue weighted by molar-refractivity contribution is 0.135. The van der Waals surface area contributed by atoms with Crippen LogP contribution in [-0.2, 0) is 17.9 Å². The van der Waals surface area contributed by atoms with Crippen molar-refractivity contribution >= 4 is 10.9 Å². The van der Waals surface area contributed by atoms with Crippen LogP contribution in [0.5, 0.6) is 0 Å². The Bertz CT molecular complexity index is 448. The lowest BCUT2D eigenvalue weighted by atomic mass is 10.1. The van der Waals surface area contributed by atoms with Crippen molar-refractivity contribution < 1.29 is 4.74 Å². The number of nitrogens with two attached hydrogens (primary N) is 1. The molecular formula is C12H16N2O. The summed E-state index contributed by atoms with van der Waals surface area (Å²) in [6, 6.07) is 6.25. The van der Waals surface area contributed by atoms with E-state index in [0.29, 0.717) is 13.2 Å². The predicted octanol–water partition coefficient (Wildman–Crippen LogP) is 2.16. The number of nitrogens with one attached hydrogen (secondary N) is 1. The standard InChI is InChI=1S/C12H16N2O/c1-2-15-8-10-7-14-12-5-9(6-13)3-4-11(10)12/h3-5,7,14H,2,6,8,13H2,1H3. The smallest absolute Gasteiger partial charge is 0.0737 e. The van der Waals surface area contributed by atoms with Gasteiger partial charge in [0.1, 0.15) is 0 Å². The van der Waals surface area contributed by atoms with Crippen molar-refractivity contribution in [1.29, 1.82) is 0 Å². The second-order valence-electron chi connectivity index (χ2n) is 3.54. The summed E-state index contributed by atoms with van der Waals surface area (Å²) in [4.78, 5) is 3.24. The minimum atomic E-state index is 0.579. The van der Waals surface area contributed by atoms with Gasteiger partial charge in [-0.1, -0.05) is 12.1 Å². The number of H-pyrrole nitrogens is 1. The molecule has 0 radical (unpaired) electrons. The molecule has 15 heavy (non-hydrogen) atoms. The molecular weight excluding hydrogens is 188 g/mol. The lowest BCUT2D eigenvalue weighted by Crippen LogP contribution is -1.95. The lowest BCUT2D eigenvalue weighted by Gasteiger charge is -2.00. The van der Waals surface area contributed by atoms with Gasteiger partial charge in [0.2, 0.25) is 0 Å². The predicted molar refractivity (Wildman–Crippen MR) is 61.5 cm³/mol. The van der Waals surface area contributed by atoms with Crippen LogP contribution in [0.4, 0.5) is 0 Å². The molecule has 0 bridgehead atoms. The van der Waals surface area contributed by atoms with Crippen molar-refractivity contribution in [3.63, 3.8) is 0 Å². The normalized spacial score (nSPS) is 11.1. The van der Waals surface area contributed by atoms with E-state index in [0.717, 1.165) is 17.7 Å². The maximum absolute atomic E-state index is 5.59. The van der Waals surface area contributed by atoms with E-state index in [1.54, 1.807) is 0 Å². The molecule has 0 saturated carbocycles. The molecule has 0 unspecified atom stereocenters. The van der Waals surface area contributed by atoms with E-state index < -0.39 is 0 Å². The highest BCUT2D eigenvalue weighted by Gasteiger charge is 2.03. The van der Waals surface area contributed by atoms with E-state index in [9.17, 15) is 0 Å². The Morgan fingerprint density at radius 1 is 1.40 bits per heavy atom. The number of aromatic amines is 1. The highest BCUT2D eigenvalue weighted by Crippen LogP contribution is 2.20. The fourth-order valence-corrected chi connectivity index (χ4v) is 1.69. The molecule has 0 saturated heterocycles. The summed E-state index contributed by atoms with van der Waals surface area (Å²) in [5.74, 6) is 0. The maximum Gasteiger partial charge on any atom is 0.0737 e. The Morgan fingerprint density at radius 2 is 2.27 bits per heavy atom. The van der Waals surface area contributed by atoms with Gasteiger partial charge >= 0.3 is 0 Å².